The number of aromatic nitrogens is 1. The molecule has 0 aliphatic carbocycles. The predicted octanol–water partition coefficient (Wildman–Crippen LogP) is 2.85. The Morgan fingerprint density at radius 2 is 2.50 bits per heavy atom. The molecule has 2 atom stereocenters. The molecule has 0 N–H and O–H groups in total. The van der Waals surface area contributed by atoms with Gasteiger partial charge in [-0.3, -0.25) is 0 Å². The molecule has 0 aromatic carbocycles. The molecule has 14 heavy (non-hydrogen) atoms. The molecule has 1 aromatic rings. The molecule has 2 heterocycles. The lowest BCUT2D eigenvalue weighted by atomic mass is 9.96. The molecule has 2 rings (SSSR count). The van der Waals surface area contributed by atoms with E-state index in [1.54, 1.807) is 0 Å². The van der Waals surface area contributed by atoms with Crippen LogP contribution in [0.4, 0.5) is 0 Å². The summed E-state index contributed by atoms with van der Waals surface area (Å²) in [4.78, 5) is 4.18. The highest BCUT2D eigenvalue weighted by Crippen LogP contribution is 2.35. The van der Waals surface area contributed by atoms with E-state index in [0.29, 0.717) is 12.0 Å². The molecule has 1 aromatic heterocycles. The van der Waals surface area contributed by atoms with Crippen LogP contribution in [0.3, 0.4) is 0 Å². The van der Waals surface area contributed by atoms with Gasteiger partial charge in [-0.25, -0.2) is 4.98 Å². The molecular formula is C10H14BrNO2. The van der Waals surface area contributed by atoms with Crippen LogP contribution < -0.4 is 0 Å². The van der Waals surface area contributed by atoms with Crippen LogP contribution in [-0.2, 0) is 10.1 Å². The van der Waals surface area contributed by atoms with Gasteiger partial charge in [0.05, 0.1) is 11.8 Å². The van der Waals surface area contributed by atoms with Crippen LogP contribution in [0.1, 0.15) is 37.1 Å². The van der Waals surface area contributed by atoms with Gasteiger partial charge < -0.3 is 9.15 Å². The summed E-state index contributed by atoms with van der Waals surface area (Å²) in [6.07, 6.45) is 3.92. The zero-order chi connectivity index (χ0) is 9.97. The zero-order valence-corrected chi connectivity index (χ0v) is 9.79. The number of hydrogen-bond donors (Lipinski definition) is 0. The lowest BCUT2D eigenvalue weighted by Crippen LogP contribution is -2.13. The number of nitrogens with zero attached hydrogens (tertiary/aromatic N) is 1. The van der Waals surface area contributed by atoms with Gasteiger partial charge in [0.1, 0.15) is 5.76 Å². The van der Waals surface area contributed by atoms with Crippen LogP contribution in [-0.4, -0.2) is 17.7 Å². The smallest absolute Gasteiger partial charge is 0.181 e. The summed E-state index contributed by atoms with van der Waals surface area (Å²) in [6, 6.07) is 0. The lowest BCUT2D eigenvalue weighted by molar-refractivity contribution is 0.0972. The second kappa shape index (κ2) is 4.45. The molecule has 1 saturated heterocycles. The molecule has 0 radical (unpaired) electrons. The van der Waals surface area contributed by atoms with E-state index < -0.39 is 0 Å². The Morgan fingerprint density at radius 3 is 3.21 bits per heavy atom. The maximum Gasteiger partial charge on any atom is 0.181 e. The van der Waals surface area contributed by atoms with Gasteiger partial charge in [-0.2, -0.15) is 0 Å². The van der Waals surface area contributed by atoms with Crippen molar-refractivity contribution in [2.45, 2.75) is 37.1 Å². The highest BCUT2D eigenvalue weighted by Gasteiger charge is 2.32. The van der Waals surface area contributed by atoms with Crippen LogP contribution in [0, 0.1) is 0 Å². The molecule has 0 spiro atoms. The van der Waals surface area contributed by atoms with Gasteiger partial charge in [0.25, 0.3) is 0 Å². The van der Waals surface area contributed by atoms with Crippen LogP contribution in [0.2, 0.25) is 0 Å². The maximum absolute atomic E-state index is 5.63. The Labute approximate surface area is 92.0 Å². The first-order valence-electron chi connectivity index (χ1n) is 4.96. The number of rotatable bonds is 3. The molecule has 1 aliphatic rings. The standard InChI is InChI=1S/C10H14BrNO2/c1-2-9-7(3-4-13-9)10-8(5-11)12-6-14-10/h6-7,9H,2-5H2,1H3. The average molecular weight is 260 g/mol. The van der Waals surface area contributed by atoms with Gasteiger partial charge in [-0.15, -0.1) is 0 Å². The SMILES string of the molecule is CCC1OCCC1c1ocnc1CBr. The Morgan fingerprint density at radius 1 is 1.64 bits per heavy atom. The minimum Gasteiger partial charge on any atom is -0.448 e. The van der Waals surface area contributed by atoms with Gasteiger partial charge >= 0.3 is 0 Å². The summed E-state index contributed by atoms with van der Waals surface area (Å²) in [5.74, 6) is 1.40. The third-order valence-corrected chi connectivity index (χ3v) is 3.28. The molecule has 0 amide bonds. The summed E-state index contributed by atoms with van der Waals surface area (Å²) >= 11 is 3.41. The molecule has 0 saturated carbocycles. The summed E-state index contributed by atoms with van der Waals surface area (Å²) in [5.41, 5.74) is 1.01. The first-order chi connectivity index (χ1) is 6.86. The molecular weight excluding hydrogens is 246 g/mol. The fourth-order valence-electron chi connectivity index (χ4n) is 2.03. The molecule has 0 bridgehead atoms. The number of halogens is 1. The highest BCUT2D eigenvalue weighted by molar-refractivity contribution is 9.08. The van der Waals surface area contributed by atoms with Crippen LogP contribution in [0.5, 0.6) is 0 Å². The predicted molar refractivity (Wildman–Crippen MR) is 56.5 cm³/mol. The van der Waals surface area contributed by atoms with Crippen molar-refractivity contribution in [1.29, 1.82) is 0 Å². The van der Waals surface area contributed by atoms with Gasteiger partial charge in [-0.1, -0.05) is 22.9 Å². The Bertz CT molecular complexity index is 300. The monoisotopic (exact) mass is 259 g/mol. The highest BCUT2D eigenvalue weighted by atomic mass is 79.9. The van der Waals surface area contributed by atoms with Crippen molar-refractivity contribution in [3.05, 3.63) is 17.8 Å². The van der Waals surface area contributed by atoms with Crippen molar-refractivity contribution in [2.24, 2.45) is 0 Å². The summed E-state index contributed by atoms with van der Waals surface area (Å²) < 4.78 is 11.1. The fourth-order valence-corrected chi connectivity index (χ4v) is 2.45. The molecule has 78 valence electrons. The zero-order valence-electron chi connectivity index (χ0n) is 8.20. The third-order valence-electron chi connectivity index (χ3n) is 2.75. The molecule has 1 aliphatic heterocycles. The van der Waals surface area contributed by atoms with Gasteiger partial charge in [0.2, 0.25) is 0 Å². The van der Waals surface area contributed by atoms with E-state index in [1.807, 2.05) is 0 Å². The summed E-state index contributed by atoms with van der Waals surface area (Å²) in [5, 5.41) is 0.756. The number of ether oxygens (including phenoxy) is 1. The first-order valence-corrected chi connectivity index (χ1v) is 6.08. The summed E-state index contributed by atoms with van der Waals surface area (Å²) in [7, 11) is 0. The quantitative estimate of drug-likeness (QED) is 0.784. The Balaban J connectivity index is 2.21. The van der Waals surface area contributed by atoms with E-state index in [1.165, 1.54) is 6.39 Å². The third kappa shape index (κ3) is 1.73. The van der Waals surface area contributed by atoms with E-state index in [4.69, 9.17) is 9.15 Å². The van der Waals surface area contributed by atoms with Gasteiger partial charge in [-0.05, 0) is 12.8 Å². The lowest BCUT2D eigenvalue weighted by Gasteiger charge is -2.14. The van der Waals surface area contributed by atoms with Crippen molar-refractivity contribution in [1.82, 2.24) is 4.98 Å². The van der Waals surface area contributed by atoms with Crippen molar-refractivity contribution in [3.63, 3.8) is 0 Å². The topological polar surface area (TPSA) is 35.3 Å². The Hall–Kier alpha value is -0.350. The number of hydrogen-bond acceptors (Lipinski definition) is 3. The molecule has 4 heteroatoms. The van der Waals surface area contributed by atoms with E-state index in [2.05, 4.69) is 27.8 Å². The number of alkyl halides is 1. The largest absolute Gasteiger partial charge is 0.448 e. The van der Waals surface area contributed by atoms with Crippen LogP contribution in [0.25, 0.3) is 0 Å². The van der Waals surface area contributed by atoms with Crippen LogP contribution in [0.15, 0.2) is 10.8 Å². The normalized spacial score (nSPS) is 27.0. The summed E-state index contributed by atoms with van der Waals surface area (Å²) in [6.45, 7) is 2.98. The van der Waals surface area contributed by atoms with E-state index in [-0.39, 0.29) is 0 Å². The van der Waals surface area contributed by atoms with Gasteiger partial charge in [0, 0.05) is 17.9 Å². The van der Waals surface area contributed by atoms with Gasteiger partial charge in [0.15, 0.2) is 6.39 Å². The Kier molecular flexibility index (Phi) is 3.23. The van der Waals surface area contributed by atoms with Crippen molar-refractivity contribution < 1.29 is 9.15 Å². The van der Waals surface area contributed by atoms with E-state index in [0.717, 1.165) is 36.2 Å². The van der Waals surface area contributed by atoms with E-state index in [9.17, 15) is 0 Å². The van der Waals surface area contributed by atoms with Crippen molar-refractivity contribution >= 4 is 15.9 Å². The maximum atomic E-state index is 5.63. The van der Waals surface area contributed by atoms with E-state index >= 15 is 0 Å². The van der Waals surface area contributed by atoms with Crippen molar-refractivity contribution in [3.8, 4) is 0 Å². The average Bonchev–Trinajstić information content (AvgIpc) is 2.85. The minimum atomic E-state index is 0.306. The van der Waals surface area contributed by atoms with Crippen LogP contribution >= 0.6 is 15.9 Å². The number of oxazole rings is 1. The fraction of sp³-hybridized carbons (Fsp3) is 0.700. The molecule has 3 nitrogen and oxygen atoms in total. The van der Waals surface area contributed by atoms with Crippen molar-refractivity contribution in [2.75, 3.05) is 6.61 Å². The second-order valence-electron chi connectivity index (χ2n) is 3.51. The molecule has 2 unspecified atom stereocenters. The minimum absolute atomic E-state index is 0.306. The first kappa shape index (κ1) is 10.2. The second-order valence-corrected chi connectivity index (χ2v) is 4.07. The molecule has 1 fully saturated rings.